The molecular weight excluding hydrogens is 242 g/mol. The summed E-state index contributed by atoms with van der Waals surface area (Å²) in [4.78, 5) is 13.4. The zero-order valence-electron chi connectivity index (χ0n) is 11.9. The van der Waals surface area contributed by atoms with E-state index in [2.05, 4.69) is 5.32 Å². The molecule has 0 aromatic heterocycles. The van der Waals surface area contributed by atoms with Crippen molar-refractivity contribution in [2.45, 2.75) is 20.3 Å². The zero-order chi connectivity index (χ0) is 14.3. The molecule has 1 rings (SSSR count). The Morgan fingerprint density at radius 3 is 2.79 bits per heavy atom. The van der Waals surface area contributed by atoms with E-state index in [0.717, 1.165) is 12.1 Å². The van der Waals surface area contributed by atoms with Crippen LogP contribution in [-0.2, 0) is 4.79 Å². The van der Waals surface area contributed by atoms with Gasteiger partial charge in [0, 0.05) is 25.3 Å². The molecule has 5 heteroatoms. The minimum absolute atomic E-state index is 0.00199. The quantitative estimate of drug-likeness (QED) is 0.735. The van der Waals surface area contributed by atoms with Crippen LogP contribution in [0, 0.1) is 0 Å². The Morgan fingerprint density at radius 2 is 2.16 bits per heavy atom. The number of likely N-dealkylation sites (N-methyl/N-ethyl adjacent to an activating group) is 2. The molecule has 0 radical (unpaired) electrons. The number of ether oxygens (including phenoxy) is 1. The lowest BCUT2D eigenvalue weighted by molar-refractivity contribution is -0.119. The summed E-state index contributed by atoms with van der Waals surface area (Å²) in [5, 5.41) is 2.77. The summed E-state index contributed by atoms with van der Waals surface area (Å²) in [6.45, 7) is 5.52. The first-order valence-electron chi connectivity index (χ1n) is 6.58. The molecule has 5 nitrogen and oxygen atoms in total. The van der Waals surface area contributed by atoms with Crippen molar-refractivity contribution in [1.29, 1.82) is 0 Å². The lowest BCUT2D eigenvalue weighted by Crippen LogP contribution is -2.34. The van der Waals surface area contributed by atoms with Crippen molar-refractivity contribution in [2.75, 3.05) is 37.4 Å². The second-order valence-corrected chi connectivity index (χ2v) is 4.38. The Balaban J connectivity index is 2.74. The summed E-state index contributed by atoms with van der Waals surface area (Å²) in [5.74, 6) is 0.667. The fraction of sp³-hybridized carbons (Fsp3) is 0.500. The van der Waals surface area contributed by atoms with Gasteiger partial charge in [0.15, 0.2) is 0 Å². The molecule has 0 bridgehead atoms. The van der Waals surface area contributed by atoms with Crippen LogP contribution in [-0.4, -0.2) is 32.7 Å². The molecule has 1 aromatic rings. The van der Waals surface area contributed by atoms with Crippen molar-refractivity contribution in [2.24, 2.45) is 0 Å². The first-order chi connectivity index (χ1) is 9.08. The van der Waals surface area contributed by atoms with Crippen LogP contribution >= 0.6 is 0 Å². The van der Waals surface area contributed by atoms with E-state index in [0.29, 0.717) is 31.1 Å². The highest BCUT2D eigenvalue weighted by molar-refractivity contribution is 5.81. The highest BCUT2D eigenvalue weighted by Gasteiger charge is 2.09. The summed E-state index contributed by atoms with van der Waals surface area (Å²) in [6.07, 6.45) is 0.929. The predicted octanol–water partition coefficient (Wildman–Crippen LogP) is 1.63. The van der Waals surface area contributed by atoms with Gasteiger partial charge < -0.3 is 20.7 Å². The van der Waals surface area contributed by atoms with E-state index in [1.807, 2.05) is 37.9 Å². The summed E-state index contributed by atoms with van der Waals surface area (Å²) < 4.78 is 5.58. The number of amides is 1. The van der Waals surface area contributed by atoms with Crippen LogP contribution < -0.4 is 20.7 Å². The van der Waals surface area contributed by atoms with Crippen LogP contribution in [0.1, 0.15) is 20.3 Å². The van der Waals surface area contributed by atoms with Crippen LogP contribution in [0.5, 0.6) is 5.75 Å². The van der Waals surface area contributed by atoms with Crippen molar-refractivity contribution in [3.05, 3.63) is 18.2 Å². The SMILES string of the molecule is CCCOc1cc(N(C)CC(=O)NCC)ccc1N. The average Bonchev–Trinajstić information content (AvgIpc) is 2.37. The van der Waals surface area contributed by atoms with Crippen molar-refractivity contribution in [3.63, 3.8) is 0 Å². The molecule has 0 aliphatic rings. The molecule has 0 spiro atoms. The van der Waals surface area contributed by atoms with Gasteiger partial charge >= 0.3 is 0 Å². The van der Waals surface area contributed by atoms with Crippen LogP contribution in [0.2, 0.25) is 0 Å². The average molecular weight is 265 g/mol. The maximum absolute atomic E-state index is 11.5. The normalized spacial score (nSPS) is 10.1. The van der Waals surface area contributed by atoms with E-state index in [1.54, 1.807) is 6.07 Å². The lowest BCUT2D eigenvalue weighted by atomic mass is 10.2. The molecule has 0 aliphatic carbocycles. The third-order valence-electron chi connectivity index (χ3n) is 2.65. The Bertz CT molecular complexity index is 421. The summed E-state index contributed by atoms with van der Waals surface area (Å²) in [6, 6.07) is 5.55. The van der Waals surface area contributed by atoms with E-state index in [9.17, 15) is 4.79 Å². The summed E-state index contributed by atoms with van der Waals surface area (Å²) in [7, 11) is 1.87. The van der Waals surface area contributed by atoms with Crippen molar-refractivity contribution >= 4 is 17.3 Å². The molecule has 0 heterocycles. The van der Waals surface area contributed by atoms with Crippen LogP contribution in [0.25, 0.3) is 0 Å². The molecular formula is C14H23N3O2. The number of hydrogen-bond donors (Lipinski definition) is 2. The van der Waals surface area contributed by atoms with Crippen LogP contribution in [0.3, 0.4) is 0 Å². The van der Waals surface area contributed by atoms with Crippen molar-refractivity contribution in [1.82, 2.24) is 5.32 Å². The van der Waals surface area contributed by atoms with Crippen molar-refractivity contribution < 1.29 is 9.53 Å². The fourth-order valence-corrected chi connectivity index (χ4v) is 1.66. The van der Waals surface area contributed by atoms with Crippen LogP contribution in [0.4, 0.5) is 11.4 Å². The van der Waals surface area contributed by atoms with Gasteiger partial charge in [-0.25, -0.2) is 0 Å². The number of carbonyl (C=O) groups is 1. The molecule has 19 heavy (non-hydrogen) atoms. The Kier molecular flexibility index (Phi) is 5.99. The Hall–Kier alpha value is -1.91. The van der Waals surface area contributed by atoms with E-state index >= 15 is 0 Å². The summed E-state index contributed by atoms with van der Waals surface area (Å²) >= 11 is 0. The van der Waals surface area contributed by atoms with Gasteiger partial charge in [-0.15, -0.1) is 0 Å². The molecule has 1 aromatic carbocycles. The topological polar surface area (TPSA) is 67.6 Å². The van der Waals surface area contributed by atoms with Gasteiger partial charge in [-0.1, -0.05) is 6.92 Å². The standard InChI is InChI=1S/C14H23N3O2/c1-4-8-19-13-9-11(6-7-12(13)15)17(3)10-14(18)16-5-2/h6-7,9H,4-5,8,10,15H2,1-3H3,(H,16,18). The van der Waals surface area contributed by atoms with Gasteiger partial charge in [0.1, 0.15) is 5.75 Å². The van der Waals surface area contributed by atoms with E-state index in [-0.39, 0.29) is 5.91 Å². The molecule has 0 unspecified atom stereocenters. The number of nitrogens with zero attached hydrogens (tertiary/aromatic N) is 1. The van der Waals surface area contributed by atoms with E-state index < -0.39 is 0 Å². The molecule has 0 aliphatic heterocycles. The number of rotatable bonds is 7. The number of carbonyl (C=O) groups excluding carboxylic acids is 1. The second kappa shape index (κ2) is 7.51. The van der Waals surface area contributed by atoms with Crippen molar-refractivity contribution in [3.8, 4) is 5.75 Å². The molecule has 0 atom stereocenters. The molecule has 0 fully saturated rings. The maximum Gasteiger partial charge on any atom is 0.239 e. The largest absolute Gasteiger partial charge is 0.491 e. The smallest absolute Gasteiger partial charge is 0.239 e. The Labute approximate surface area is 114 Å². The predicted molar refractivity (Wildman–Crippen MR) is 78.6 cm³/mol. The minimum atomic E-state index is -0.00199. The third kappa shape index (κ3) is 4.69. The van der Waals surface area contributed by atoms with Gasteiger partial charge in [0.05, 0.1) is 18.8 Å². The number of nitrogens with one attached hydrogen (secondary N) is 1. The lowest BCUT2D eigenvalue weighted by Gasteiger charge is -2.20. The molecule has 0 saturated heterocycles. The number of nitrogen functional groups attached to an aromatic ring is 1. The molecule has 1 amide bonds. The molecule has 106 valence electrons. The van der Waals surface area contributed by atoms with Gasteiger partial charge in [-0.2, -0.15) is 0 Å². The second-order valence-electron chi connectivity index (χ2n) is 4.38. The van der Waals surface area contributed by atoms with Gasteiger partial charge in [-0.3, -0.25) is 4.79 Å². The monoisotopic (exact) mass is 265 g/mol. The molecule has 0 saturated carbocycles. The molecule has 3 N–H and O–H groups in total. The number of benzene rings is 1. The number of hydrogen-bond acceptors (Lipinski definition) is 4. The highest BCUT2D eigenvalue weighted by Crippen LogP contribution is 2.27. The number of anilines is 2. The van der Waals surface area contributed by atoms with Gasteiger partial charge in [0.25, 0.3) is 0 Å². The third-order valence-corrected chi connectivity index (χ3v) is 2.65. The number of nitrogens with two attached hydrogens (primary N) is 1. The van der Waals surface area contributed by atoms with Gasteiger partial charge in [0.2, 0.25) is 5.91 Å². The van der Waals surface area contributed by atoms with E-state index in [1.165, 1.54) is 0 Å². The first-order valence-corrected chi connectivity index (χ1v) is 6.58. The minimum Gasteiger partial charge on any atom is -0.491 e. The maximum atomic E-state index is 11.5. The zero-order valence-corrected chi connectivity index (χ0v) is 11.9. The fourth-order valence-electron chi connectivity index (χ4n) is 1.66. The first kappa shape index (κ1) is 15.1. The van der Waals surface area contributed by atoms with E-state index in [4.69, 9.17) is 10.5 Å². The van der Waals surface area contributed by atoms with Crippen LogP contribution in [0.15, 0.2) is 18.2 Å². The highest BCUT2D eigenvalue weighted by atomic mass is 16.5. The summed E-state index contributed by atoms with van der Waals surface area (Å²) in [5.41, 5.74) is 7.38. The Morgan fingerprint density at radius 1 is 1.42 bits per heavy atom. The van der Waals surface area contributed by atoms with Gasteiger partial charge in [-0.05, 0) is 25.5 Å².